The zero-order valence-electron chi connectivity index (χ0n) is 43.9. The molecule has 2 amide bonds. The standard InChI is InChI=1S/C66H68N4O4/c1-69(2,3)41-21-9-7-19-39-67-61(47-35-31-45(32-36-47)43-57-49-23-11-15-27-53(49)63(71)54-28-16-12-24-50(54)57)59-60(65(67)73)62(68(66(59)74)40-20-8-10-22-42-70(4,5)6)48-37-33-46(34-38-48)44-58-51-25-13-17-29-55(51)64(72)56-30-18-14-26-52(56)58/h11-18,23-38,43-44H,7-10,19-22,39-42H2,1-6H3/q+2. The predicted octanol–water partition coefficient (Wildman–Crippen LogP) is 12.3. The van der Waals surface area contributed by atoms with Crippen LogP contribution in [0.2, 0.25) is 0 Å². The summed E-state index contributed by atoms with van der Waals surface area (Å²) in [6.07, 6.45) is 12.2. The smallest absolute Gasteiger partial charge is 0.261 e. The van der Waals surface area contributed by atoms with Gasteiger partial charge in [-0.3, -0.25) is 19.2 Å². The predicted molar refractivity (Wildman–Crippen MR) is 299 cm³/mol. The van der Waals surface area contributed by atoms with Crippen molar-refractivity contribution in [2.75, 3.05) is 68.5 Å². The number of hydrogen-bond acceptors (Lipinski definition) is 4. The molecule has 0 atom stereocenters. The van der Waals surface area contributed by atoms with E-state index in [2.05, 4.69) is 78.7 Å². The van der Waals surface area contributed by atoms with Crippen molar-refractivity contribution in [3.63, 3.8) is 0 Å². The maximum atomic E-state index is 15.4. The van der Waals surface area contributed by atoms with Gasteiger partial charge in [-0.1, -0.05) is 158 Å². The zero-order chi connectivity index (χ0) is 51.7. The van der Waals surface area contributed by atoms with E-state index in [9.17, 15) is 9.59 Å². The maximum absolute atomic E-state index is 15.4. The monoisotopic (exact) mass is 981 g/mol. The molecule has 0 saturated heterocycles. The molecule has 6 aromatic carbocycles. The molecular formula is C66H68N4O4+2. The number of fused-ring (bicyclic) bond motifs is 5. The van der Waals surface area contributed by atoms with Crippen LogP contribution in [0.4, 0.5) is 0 Å². The number of benzene rings is 6. The summed E-state index contributed by atoms with van der Waals surface area (Å²) in [6, 6.07) is 47.6. The van der Waals surface area contributed by atoms with Crippen LogP contribution in [0.1, 0.15) is 128 Å². The number of carbonyl (C=O) groups excluding carboxylic acids is 4. The molecule has 0 bridgehead atoms. The molecule has 8 heteroatoms. The van der Waals surface area contributed by atoms with Gasteiger partial charge in [-0.2, -0.15) is 0 Å². The second-order valence-electron chi connectivity index (χ2n) is 22.4. The van der Waals surface area contributed by atoms with E-state index in [0.29, 0.717) is 57.9 Å². The third-order valence-corrected chi connectivity index (χ3v) is 14.9. The number of ketones is 2. The highest BCUT2D eigenvalue weighted by Gasteiger charge is 2.48. The van der Waals surface area contributed by atoms with Gasteiger partial charge < -0.3 is 18.8 Å². The lowest BCUT2D eigenvalue weighted by atomic mass is 9.80. The molecule has 0 radical (unpaired) electrons. The van der Waals surface area contributed by atoms with Gasteiger partial charge in [-0.25, -0.2) is 0 Å². The van der Waals surface area contributed by atoms with E-state index in [1.165, 1.54) is 0 Å². The third kappa shape index (κ3) is 10.1. The summed E-state index contributed by atoms with van der Waals surface area (Å²) in [5.74, 6) is -0.210. The van der Waals surface area contributed by atoms with Crippen LogP contribution >= 0.6 is 0 Å². The summed E-state index contributed by atoms with van der Waals surface area (Å²) in [5, 5.41) is 0. The second kappa shape index (κ2) is 20.8. The van der Waals surface area contributed by atoms with E-state index < -0.39 is 0 Å². The van der Waals surface area contributed by atoms with Crippen LogP contribution in [0.25, 0.3) is 34.7 Å². The molecule has 0 saturated carbocycles. The van der Waals surface area contributed by atoms with E-state index >= 15 is 9.59 Å². The molecule has 0 unspecified atom stereocenters. The SMILES string of the molecule is C[N+](C)(C)CCCCCCN1C(=O)C2=C(c3ccc(C=C4c5ccccc5C(=O)c5ccccc54)cc3)N(CCCCCC[N+](C)(C)C)C(=O)C2=C1c1ccc(C=C2c3ccccc3C(=O)c3ccccc32)cc1. The van der Waals surface area contributed by atoms with Crippen molar-refractivity contribution < 1.29 is 28.1 Å². The molecular weight excluding hydrogens is 913 g/mol. The zero-order valence-corrected chi connectivity index (χ0v) is 43.9. The normalized spacial score (nSPS) is 15.2. The first-order valence-electron chi connectivity index (χ1n) is 26.5. The Bertz CT molecular complexity index is 2990. The first-order valence-corrected chi connectivity index (χ1v) is 26.5. The number of quaternary nitrogens is 2. The lowest BCUT2D eigenvalue weighted by molar-refractivity contribution is -0.870. The summed E-state index contributed by atoms with van der Waals surface area (Å²) in [4.78, 5) is 61.6. The Morgan fingerprint density at radius 2 is 0.635 bits per heavy atom. The van der Waals surface area contributed by atoms with Crippen molar-refractivity contribution in [3.8, 4) is 0 Å². The van der Waals surface area contributed by atoms with Gasteiger partial charge in [0.15, 0.2) is 11.6 Å². The number of carbonyl (C=O) groups is 4. The van der Waals surface area contributed by atoms with Crippen LogP contribution in [-0.4, -0.2) is 111 Å². The highest BCUT2D eigenvalue weighted by molar-refractivity contribution is 6.30. The van der Waals surface area contributed by atoms with Gasteiger partial charge in [0.1, 0.15) is 0 Å². The summed E-state index contributed by atoms with van der Waals surface area (Å²) in [5.41, 5.74) is 14.1. The number of hydrogen-bond donors (Lipinski definition) is 0. The Hall–Kier alpha value is -7.52. The molecule has 0 N–H and O–H groups in total. The second-order valence-corrected chi connectivity index (χ2v) is 22.4. The number of nitrogens with zero attached hydrogens (tertiary/aromatic N) is 4. The molecule has 0 fully saturated rings. The lowest BCUT2D eigenvalue weighted by Gasteiger charge is -2.26. The molecule has 8 nitrogen and oxygen atoms in total. The molecule has 2 aliphatic heterocycles. The lowest BCUT2D eigenvalue weighted by Crippen LogP contribution is -2.35. The Morgan fingerprint density at radius 3 is 0.932 bits per heavy atom. The molecule has 374 valence electrons. The van der Waals surface area contributed by atoms with E-state index in [1.807, 2.05) is 131 Å². The summed E-state index contributed by atoms with van der Waals surface area (Å²) >= 11 is 0. The van der Waals surface area contributed by atoms with Crippen molar-refractivity contribution in [3.05, 3.63) is 224 Å². The summed E-state index contributed by atoms with van der Waals surface area (Å²) < 4.78 is 1.83. The topological polar surface area (TPSA) is 74.8 Å². The van der Waals surface area contributed by atoms with E-state index in [0.717, 1.165) is 129 Å². The van der Waals surface area contributed by atoms with Crippen LogP contribution in [0.5, 0.6) is 0 Å². The molecule has 10 rings (SSSR count). The maximum Gasteiger partial charge on any atom is 0.261 e. The molecule has 6 aromatic rings. The fourth-order valence-corrected chi connectivity index (χ4v) is 11.2. The van der Waals surface area contributed by atoms with Crippen LogP contribution in [0, 0.1) is 0 Å². The van der Waals surface area contributed by atoms with Crippen LogP contribution in [0.15, 0.2) is 157 Å². The molecule has 4 aliphatic rings. The van der Waals surface area contributed by atoms with Gasteiger partial charge in [0.05, 0.1) is 77.9 Å². The minimum absolute atomic E-state index is 0.0265. The molecule has 2 heterocycles. The Kier molecular flexibility index (Phi) is 14.0. The third-order valence-electron chi connectivity index (χ3n) is 14.9. The van der Waals surface area contributed by atoms with Gasteiger partial charge in [0.25, 0.3) is 11.8 Å². The first-order chi connectivity index (χ1) is 35.7. The van der Waals surface area contributed by atoms with Gasteiger partial charge in [-0.05, 0) is 106 Å². The first kappa shape index (κ1) is 50.0. The van der Waals surface area contributed by atoms with Crippen molar-refractivity contribution >= 4 is 58.1 Å². The van der Waals surface area contributed by atoms with E-state index in [4.69, 9.17) is 0 Å². The minimum atomic E-state index is -0.132. The molecule has 0 spiro atoms. The van der Waals surface area contributed by atoms with Crippen LogP contribution < -0.4 is 0 Å². The molecule has 74 heavy (non-hydrogen) atoms. The highest BCUT2D eigenvalue weighted by atomic mass is 16.2. The van der Waals surface area contributed by atoms with Crippen molar-refractivity contribution in [2.45, 2.75) is 51.4 Å². The van der Waals surface area contributed by atoms with Crippen molar-refractivity contribution in [1.82, 2.24) is 9.80 Å². The van der Waals surface area contributed by atoms with Crippen molar-refractivity contribution in [2.24, 2.45) is 0 Å². The summed E-state index contributed by atoms with van der Waals surface area (Å²) in [6.45, 7) is 3.18. The molecule has 2 aliphatic carbocycles. The quantitative estimate of drug-likeness (QED) is 0.0634. The average molecular weight is 981 g/mol. The van der Waals surface area contributed by atoms with Crippen LogP contribution in [0.3, 0.4) is 0 Å². The van der Waals surface area contributed by atoms with Gasteiger partial charge in [0.2, 0.25) is 0 Å². The van der Waals surface area contributed by atoms with Crippen molar-refractivity contribution in [1.29, 1.82) is 0 Å². The fourth-order valence-electron chi connectivity index (χ4n) is 11.2. The van der Waals surface area contributed by atoms with E-state index in [-0.39, 0.29) is 23.4 Å². The number of rotatable bonds is 18. The average Bonchev–Trinajstić information content (AvgIpc) is 3.86. The Balaban J connectivity index is 1.04. The van der Waals surface area contributed by atoms with Gasteiger partial charge in [-0.15, -0.1) is 0 Å². The highest BCUT2D eigenvalue weighted by Crippen LogP contribution is 2.47. The largest absolute Gasteiger partial charge is 0.331 e. The Labute approximate surface area is 437 Å². The summed E-state index contributed by atoms with van der Waals surface area (Å²) in [7, 11) is 13.3. The minimum Gasteiger partial charge on any atom is -0.331 e. The fraction of sp³-hybridized carbons (Fsp3) is 0.273. The number of unbranched alkanes of at least 4 members (excludes halogenated alkanes) is 6. The van der Waals surface area contributed by atoms with Gasteiger partial charge in [0, 0.05) is 35.3 Å². The van der Waals surface area contributed by atoms with E-state index in [1.54, 1.807) is 0 Å². The molecule has 0 aromatic heterocycles. The van der Waals surface area contributed by atoms with Gasteiger partial charge >= 0.3 is 0 Å². The number of amides is 2. The Morgan fingerprint density at radius 1 is 0.351 bits per heavy atom. The van der Waals surface area contributed by atoms with Crippen LogP contribution in [-0.2, 0) is 9.59 Å².